The Hall–Kier alpha value is -3.21. The summed E-state index contributed by atoms with van der Waals surface area (Å²) >= 11 is 0. The van der Waals surface area contributed by atoms with Crippen molar-refractivity contribution >= 4 is 11.9 Å². The number of anilines is 1. The van der Waals surface area contributed by atoms with Gasteiger partial charge in [0.25, 0.3) is 5.91 Å². The van der Waals surface area contributed by atoms with Gasteiger partial charge in [-0.2, -0.15) is 0 Å². The summed E-state index contributed by atoms with van der Waals surface area (Å²) in [4.78, 5) is 26.0. The fraction of sp³-hybridized carbons (Fsp3) is 0.261. The molecule has 1 fully saturated rings. The van der Waals surface area contributed by atoms with Crippen molar-refractivity contribution in [2.45, 2.75) is 13.8 Å². The molecular formula is C23H24N4O. The topological polar surface area (TPSA) is 49.3 Å². The van der Waals surface area contributed by atoms with Gasteiger partial charge in [0.1, 0.15) is 0 Å². The van der Waals surface area contributed by atoms with E-state index in [1.165, 1.54) is 0 Å². The Kier molecular flexibility index (Phi) is 5.06. The summed E-state index contributed by atoms with van der Waals surface area (Å²) in [6.45, 7) is 6.81. The zero-order chi connectivity index (χ0) is 19.5. The minimum Gasteiger partial charge on any atom is -0.337 e. The smallest absolute Gasteiger partial charge is 0.253 e. The third-order valence-corrected chi connectivity index (χ3v) is 5.06. The number of aromatic nitrogens is 2. The van der Waals surface area contributed by atoms with Crippen LogP contribution in [0.3, 0.4) is 0 Å². The van der Waals surface area contributed by atoms with Crippen LogP contribution in [0.25, 0.3) is 11.1 Å². The highest BCUT2D eigenvalue weighted by Gasteiger charge is 2.23. The average molecular weight is 372 g/mol. The lowest BCUT2D eigenvalue weighted by Crippen LogP contribution is -2.49. The van der Waals surface area contributed by atoms with Gasteiger partial charge in [0.15, 0.2) is 0 Å². The number of benzene rings is 2. The van der Waals surface area contributed by atoms with Crippen LogP contribution < -0.4 is 4.90 Å². The van der Waals surface area contributed by atoms with Crippen LogP contribution in [-0.4, -0.2) is 47.0 Å². The number of hydrogen-bond acceptors (Lipinski definition) is 4. The number of carbonyl (C=O) groups is 1. The highest BCUT2D eigenvalue weighted by Crippen LogP contribution is 2.20. The fourth-order valence-corrected chi connectivity index (χ4v) is 3.58. The van der Waals surface area contributed by atoms with Crippen LogP contribution in [0.4, 0.5) is 5.95 Å². The largest absolute Gasteiger partial charge is 0.337 e. The summed E-state index contributed by atoms with van der Waals surface area (Å²) in [5.41, 5.74) is 4.95. The second kappa shape index (κ2) is 7.80. The molecule has 0 unspecified atom stereocenters. The third kappa shape index (κ3) is 3.88. The highest BCUT2D eigenvalue weighted by molar-refractivity contribution is 5.94. The molecule has 5 nitrogen and oxygen atoms in total. The van der Waals surface area contributed by atoms with E-state index in [1.807, 2.05) is 67.3 Å². The Morgan fingerprint density at radius 1 is 0.786 bits per heavy atom. The van der Waals surface area contributed by atoms with E-state index in [-0.39, 0.29) is 5.91 Å². The molecule has 142 valence electrons. The quantitative estimate of drug-likeness (QED) is 0.703. The minimum absolute atomic E-state index is 0.0839. The molecule has 1 aliphatic heterocycles. The van der Waals surface area contributed by atoms with Crippen LogP contribution >= 0.6 is 0 Å². The molecule has 1 aromatic heterocycles. The molecule has 2 heterocycles. The van der Waals surface area contributed by atoms with E-state index in [4.69, 9.17) is 0 Å². The maximum atomic E-state index is 12.9. The lowest BCUT2D eigenvalue weighted by atomic mass is 10.0. The molecule has 3 aromatic rings. The number of aryl methyl sites for hydroxylation is 2. The van der Waals surface area contributed by atoms with Crippen LogP contribution in [0.15, 0.2) is 60.7 Å². The van der Waals surface area contributed by atoms with E-state index in [2.05, 4.69) is 27.0 Å². The lowest BCUT2D eigenvalue weighted by Gasteiger charge is -2.35. The van der Waals surface area contributed by atoms with Crippen molar-refractivity contribution in [3.63, 3.8) is 0 Å². The number of rotatable bonds is 3. The van der Waals surface area contributed by atoms with Gasteiger partial charge in [-0.25, -0.2) is 9.97 Å². The Labute approximate surface area is 165 Å². The van der Waals surface area contributed by atoms with E-state index in [0.717, 1.165) is 47.1 Å². The Morgan fingerprint density at radius 2 is 1.36 bits per heavy atom. The molecule has 0 atom stereocenters. The van der Waals surface area contributed by atoms with Gasteiger partial charge in [0, 0.05) is 43.1 Å². The van der Waals surface area contributed by atoms with E-state index < -0.39 is 0 Å². The van der Waals surface area contributed by atoms with E-state index >= 15 is 0 Å². The molecule has 0 spiro atoms. The summed E-state index contributed by atoms with van der Waals surface area (Å²) in [7, 11) is 0. The van der Waals surface area contributed by atoms with Gasteiger partial charge >= 0.3 is 0 Å². The van der Waals surface area contributed by atoms with Crippen molar-refractivity contribution in [1.29, 1.82) is 0 Å². The molecule has 28 heavy (non-hydrogen) atoms. The molecule has 5 heteroatoms. The normalized spacial score (nSPS) is 14.2. The van der Waals surface area contributed by atoms with Crippen molar-refractivity contribution in [2.24, 2.45) is 0 Å². The molecule has 0 saturated carbocycles. The molecular weight excluding hydrogens is 348 g/mol. The van der Waals surface area contributed by atoms with Crippen LogP contribution in [0.5, 0.6) is 0 Å². The second-order valence-corrected chi connectivity index (χ2v) is 7.17. The summed E-state index contributed by atoms with van der Waals surface area (Å²) in [5.74, 6) is 0.845. The number of amides is 1. The SMILES string of the molecule is Cc1cc(C)nc(N2CCN(C(=O)c3ccc(-c4ccccc4)cc3)CC2)n1. The summed E-state index contributed by atoms with van der Waals surface area (Å²) in [6.07, 6.45) is 0. The molecule has 1 aliphatic rings. The molecule has 1 amide bonds. The van der Waals surface area contributed by atoms with Gasteiger partial charge in [-0.3, -0.25) is 4.79 Å². The summed E-state index contributed by atoms with van der Waals surface area (Å²) in [6, 6.07) is 20.0. The predicted octanol–water partition coefficient (Wildman–Crippen LogP) is 3.72. The van der Waals surface area contributed by atoms with Crippen LogP contribution in [0.1, 0.15) is 21.7 Å². The Balaban J connectivity index is 1.41. The first-order valence-electron chi connectivity index (χ1n) is 9.62. The lowest BCUT2D eigenvalue weighted by molar-refractivity contribution is 0.0746. The maximum absolute atomic E-state index is 12.9. The second-order valence-electron chi connectivity index (χ2n) is 7.17. The highest BCUT2D eigenvalue weighted by atomic mass is 16.2. The fourth-order valence-electron chi connectivity index (χ4n) is 3.58. The van der Waals surface area contributed by atoms with E-state index in [9.17, 15) is 4.79 Å². The van der Waals surface area contributed by atoms with Crippen molar-refractivity contribution in [1.82, 2.24) is 14.9 Å². The molecule has 0 bridgehead atoms. The van der Waals surface area contributed by atoms with Gasteiger partial charge < -0.3 is 9.80 Å². The molecule has 0 N–H and O–H groups in total. The van der Waals surface area contributed by atoms with Crippen LogP contribution in [0.2, 0.25) is 0 Å². The number of piperazine rings is 1. The number of hydrogen-bond donors (Lipinski definition) is 0. The number of nitrogens with zero attached hydrogens (tertiary/aromatic N) is 4. The maximum Gasteiger partial charge on any atom is 0.253 e. The summed E-state index contributed by atoms with van der Waals surface area (Å²) < 4.78 is 0. The molecule has 0 aliphatic carbocycles. The van der Waals surface area contributed by atoms with Crippen molar-refractivity contribution < 1.29 is 4.79 Å². The molecule has 0 radical (unpaired) electrons. The minimum atomic E-state index is 0.0839. The van der Waals surface area contributed by atoms with Crippen molar-refractivity contribution in [3.8, 4) is 11.1 Å². The van der Waals surface area contributed by atoms with Gasteiger partial charge in [-0.15, -0.1) is 0 Å². The molecule has 1 saturated heterocycles. The first-order chi connectivity index (χ1) is 13.6. The Morgan fingerprint density at radius 3 is 1.96 bits per heavy atom. The Bertz CT molecular complexity index is 941. The number of carbonyl (C=O) groups excluding carboxylic acids is 1. The zero-order valence-electron chi connectivity index (χ0n) is 16.3. The average Bonchev–Trinajstić information content (AvgIpc) is 2.73. The van der Waals surface area contributed by atoms with Crippen LogP contribution in [-0.2, 0) is 0 Å². The van der Waals surface area contributed by atoms with E-state index in [0.29, 0.717) is 13.1 Å². The monoisotopic (exact) mass is 372 g/mol. The van der Waals surface area contributed by atoms with Gasteiger partial charge in [-0.1, -0.05) is 42.5 Å². The summed E-state index contributed by atoms with van der Waals surface area (Å²) in [5, 5.41) is 0. The standard InChI is InChI=1S/C23H24N4O/c1-17-16-18(2)25-23(24-17)27-14-12-26(13-15-27)22(28)21-10-8-20(9-11-21)19-6-4-3-5-7-19/h3-11,16H,12-15H2,1-2H3. The molecule has 2 aromatic carbocycles. The zero-order valence-corrected chi connectivity index (χ0v) is 16.3. The first kappa shape index (κ1) is 18.2. The molecule has 4 rings (SSSR count). The van der Waals surface area contributed by atoms with Crippen LogP contribution in [0, 0.1) is 13.8 Å². The van der Waals surface area contributed by atoms with Gasteiger partial charge in [0.2, 0.25) is 5.95 Å². The van der Waals surface area contributed by atoms with E-state index in [1.54, 1.807) is 0 Å². The van der Waals surface area contributed by atoms with Crippen molar-refractivity contribution in [3.05, 3.63) is 77.6 Å². The first-order valence-corrected chi connectivity index (χ1v) is 9.62. The third-order valence-electron chi connectivity index (χ3n) is 5.06. The predicted molar refractivity (Wildman–Crippen MR) is 112 cm³/mol. The van der Waals surface area contributed by atoms with Gasteiger partial charge in [-0.05, 0) is 43.2 Å². The van der Waals surface area contributed by atoms with Gasteiger partial charge in [0.05, 0.1) is 0 Å². The van der Waals surface area contributed by atoms with Crippen molar-refractivity contribution in [2.75, 3.05) is 31.1 Å².